The normalized spacial score (nSPS) is 13.9. The molecule has 2 amide bonds. The van der Waals surface area contributed by atoms with E-state index in [2.05, 4.69) is 17.2 Å². The van der Waals surface area contributed by atoms with Gasteiger partial charge in [0.05, 0.1) is 49.4 Å². The number of anilines is 1. The van der Waals surface area contributed by atoms with Gasteiger partial charge in [0.25, 0.3) is 11.8 Å². The second kappa shape index (κ2) is 17.7. The van der Waals surface area contributed by atoms with Gasteiger partial charge < -0.3 is 30.0 Å². The molecule has 0 aliphatic rings. The summed E-state index contributed by atoms with van der Waals surface area (Å²) < 4.78 is 69.8. The second-order valence-electron chi connectivity index (χ2n) is 11.1. The highest BCUT2D eigenvalue weighted by Crippen LogP contribution is 2.23. The lowest BCUT2D eigenvalue weighted by Gasteiger charge is -2.27. The van der Waals surface area contributed by atoms with E-state index in [1.807, 2.05) is 30.3 Å². The van der Waals surface area contributed by atoms with E-state index < -0.39 is 64.4 Å². The van der Waals surface area contributed by atoms with Crippen molar-refractivity contribution in [2.24, 2.45) is 0 Å². The molecule has 0 fully saturated rings. The minimum Gasteiger partial charge on any atom is -0.491 e. The minimum absolute atomic E-state index is 0.00155. The van der Waals surface area contributed by atoms with Crippen LogP contribution >= 0.6 is 0 Å². The van der Waals surface area contributed by atoms with Crippen molar-refractivity contribution in [3.05, 3.63) is 108 Å². The van der Waals surface area contributed by atoms with Gasteiger partial charge in [0.15, 0.2) is 0 Å². The zero-order valence-corrected chi connectivity index (χ0v) is 28.0. The Morgan fingerprint density at radius 1 is 0.979 bits per heavy atom. The number of halogens is 2. The van der Waals surface area contributed by atoms with Gasteiger partial charge in [-0.1, -0.05) is 36.4 Å². The van der Waals surface area contributed by atoms with Crippen LogP contribution in [-0.4, -0.2) is 83.8 Å². The van der Waals surface area contributed by atoms with Gasteiger partial charge in [0, 0.05) is 49.9 Å². The van der Waals surface area contributed by atoms with Crippen molar-refractivity contribution in [3.8, 4) is 5.75 Å². The summed E-state index contributed by atoms with van der Waals surface area (Å²) in [6, 6.07) is 14.0. The molecule has 3 N–H and O–H groups in total. The largest absolute Gasteiger partial charge is 0.491 e. The SMILES string of the molecule is C=CCOC[C@@H](C[C@H](O)[C@H](COc1cc(F)cc(F)c1)NC(=O)c1cc(C(=O)N[C@H](C)c2ccccc2)cc(N(C)S(C)(=O)=O)c1)OC. The Hall–Kier alpha value is -4.37. The van der Waals surface area contributed by atoms with Gasteiger partial charge in [-0.3, -0.25) is 13.9 Å². The molecule has 0 aliphatic heterocycles. The van der Waals surface area contributed by atoms with Gasteiger partial charge >= 0.3 is 0 Å². The van der Waals surface area contributed by atoms with Crippen LogP contribution < -0.4 is 19.7 Å². The van der Waals surface area contributed by atoms with E-state index in [-0.39, 0.29) is 42.2 Å². The first kappa shape index (κ1) is 38.1. The summed E-state index contributed by atoms with van der Waals surface area (Å²) in [4.78, 5) is 27.1. The lowest BCUT2D eigenvalue weighted by molar-refractivity contribution is -0.0218. The van der Waals surface area contributed by atoms with Crippen LogP contribution in [0.5, 0.6) is 5.75 Å². The number of nitrogens with one attached hydrogen (secondary N) is 2. The van der Waals surface area contributed by atoms with Crippen LogP contribution in [0.25, 0.3) is 0 Å². The maximum absolute atomic E-state index is 13.8. The Balaban J connectivity index is 1.93. The third kappa shape index (κ3) is 11.4. The number of methoxy groups -OCH3 is 1. The Morgan fingerprint density at radius 3 is 2.15 bits per heavy atom. The Kier molecular flexibility index (Phi) is 14.0. The number of amides is 2. The van der Waals surface area contributed by atoms with Crippen LogP contribution in [0.15, 0.2) is 79.4 Å². The van der Waals surface area contributed by atoms with E-state index in [0.29, 0.717) is 6.07 Å². The standard InChI is InChI=1S/C34H41F2N3O8S/c1-6-12-46-20-30(45-4)19-32(40)31(21-47-29-17-26(35)16-27(36)18-29)38-34(42)25-13-24(14-28(15-25)39(3)48(5,43)44)33(41)37-22(2)23-10-8-7-9-11-23/h6-11,13-18,22,30-32,40H,1,12,19-21H2,2-5H3,(H,37,41)(H,38,42)/t22-,30-,31+,32+/m1/s1. The van der Waals surface area contributed by atoms with Crippen LogP contribution in [0.3, 0.4) is 0 Å². The number of nitrogens with zero attached hydrogens (tertiary/aromatic N) is 1. The first-order chi connectivity index (χ1) is 22.7. The van der Waals surface area contributed by atoms with E-state index in [9.17, 15) is 31.9 Å². The average molecular weight is 690 g/mol. The molecule has 0 unspecified atom stereocenters. The zero-order valence-electron chi connectivity index (χ0n) is 27.2. The summed E-state index contributed by atoms with van der Waals surface area (Å²) in [6.45, 7) is 5.26. The van der Waals surface area contributed by atoms with E-state index in [4.69, 9.17) is 14.2 Å². The molecule has 3 aromatic carbocycles. The van der Waals surface area contributed by atoms with Crippen molar-refractivity contribution in [3.63, 3.8) is 0 Å². The molecule has 4 atom stereocenters. The first-order valence-corrected chi connectivity index (χ1v) is 16.8. The molecule has 0 saturated heterocycles. The van der Waals surface area contributed by atoms with Crippen LogP contribution in [0, 0.1) is 11.6 Å². The van der Waals surface area contributed by atoms with Gasteiger partial charge in [0.1, 0.15) is 24.0 Å². The number of aliphatic hydroxyl groups is 1. The minimum atomic E-state index is -3.80. The Morgan fingerprint density at radius 2 is 1.58 bits per heavy atom. The molecule has 14 heteroatoms. The first-order valence-electron chi connectivity index (χ1n) is 15.0. The summed E-state index contributed by atoms with van der Waals surface area (Å²) >= 11 is 0. The number of rotatable bonds is 18. The summed E-state index contributed by atoms with van der Waals surface area (Å²) in [5.41, 5.74) is 0.753. The highest BCUT2D eigenvalue weighted by Gasteiger charge is 2.28. The highest BCUT2D eigenvalue weighted by atomic mass is 32.2. The number of hydrogen-bond donors (Lipinski definition) is 3. The van der Waals surface area contributed by atoms with Crippen LogP contribution in [0.2, 0.25) is 0 Å². The van der Waals surface area contributed by atoms with Gasteiger partial charge in [-0.05, 0) is 30.7 Å². The van der Waals surface area contributed by atoms with Crippen LogP contribution in [0.1, 0.15) is 45.7 Å². The van der Waals surface area contributed by atoms with Crippen molar-refractivity contribution < 1.29 is 46.1 Å². The quantitative estimate of drug-likeness (QED) is 0.134. The molecule has 11 nitrogen and oxygen atoms in total. The van der Waals surface area contributed by atoms with Crippen molar-refractivity contribution in [2.45, 2.75) is 37.6 Å². The zero-order chi connectivity index (χ0) is 35.4. The van der Waals surface area contributed by atoms with Gasteiger partial charge in [-0.25, -0.2) is 17.2 Å². The molecule has 260 valence electrons. The lowest BCUT2D eigenvalue weighted by Crippen LogP contribution is -2.48. The van der Waals surface area contributed by atoms with Gasteiger partial charge in [-0.2, -0.15) is 0 Å². The van der Waals surface area contributed by atoms with Crippen molar-refractivity contribution in [1.29, 1.82) is 0 Å². The molecule has 0 radical (unpaired) electrons. The van der Waals surface area contributed by atoms with E-state index in [1.165, 1.54) is 32.4 Å². The second-order valence-corrected chi connectivity index (χ2v) is 13.1. The van der Waals surface area contributed by atoms with Crippen LogP contribution in [0.4, 0.5) is 14.5 Å². The fourth-order valence-electron chi connectivity index (χ4n) is 4.60. The van der Waals surface area contributed by atoms with Crippen molar-refractivity contribution in [1.82, 2.24) is 10.6 Å². The summed E-state index contributed by atoms with van der Waals surface area (Å²) in [5.74, 6) is -3.31. The smallest absolute Gasteiger partial charge is 0.251 e. The fraction of sp³-hybridized carbons (Fsp3) is 0.353. The summed E-state index contributed by atoms with van der Waals surface area (Å²) in [6.07, 6.45) is 0.549. The molecule has 0 bridgehead atoms. The molecule has 0 spiro atoms. The number of sulfonamides is 1. The number of carbonyl (C=O) groups excluding carboxylic acids is 2. The molecule has 0 saturated carbocycles. The number of hydrogen-bond acceptors (Lipinski definition) is 8. The third-order valence-electron chi connectivity index (χ3n) is 7.37. The molecule has 0 aliphatic carbocycles. The molecule has 0 heterocycles. The average Bonchev–Trinajstić information content (AvgIpc) is 3.04. The van der Waals surface area contributed by atoms with Crippen molar-refractivity contribution >= 4 is 27.5 Å². The number of aliphatic hydroxyl groups excluding tert-OH is 1. The maximum Gasteiger partial charge on any atom is 0.251 e. The molecule has 3 aromatic rings. The van der Waals surface area contributed by atoms with E-state index in [1.54, 1.807) is 13.0 Å². The predicted octanol–water partition coefficient (Wildman–Crippen LogP) is 4.00. The summed E-state index contributed by atoms with van der Waals surface area (Å²) in [7, 11) is -1.10. The molecule has 3 rings (SSSR count). The van der Waals surface area contributed by atoms with Crippen molar-refractivity contribution in [2.75, 3.05) is 44.5 Å². The van der Waals surface area contributed by atoms with Gasteiger partial charge in [-0.15, -0.1) is 6.58 Å². The fourth-order valence-corrected chi connectivity index (χ4v) is 5.09. The Bertz CT molecular complexity index is 1640. The van der Waals surface area contributed by atoms with Gasteiger partial charge in [0.2, 0.25) is 10.0 Å². The molecule has 0 aromatic heterocycles. The summed E-state index contributed by atoms with van der Waals surface area (Å²) in [5, 5.41) is 16.7. The topological polar surface area (TPSA) is 143 Å². The Labute approximate surface area is 279 Å². The number of carbonyl (C=O) groups is 2. The maximum atomic E-state index is 13.8. The third-order valence-corrected chi connectivity index (χ3v) is 8.58. The molecular weight excluding hydrogens is 648 g/mol. The van der Waals surface area contributed by atoms with E-state index >= 15 is 0 Å². The lowest BCUT2D eigenvalue weighted by atomic mass is 10.0. The predicted molar refractivity (Wildman–Crippen MR) is 178 cm³/mol. The monoisotopic (exact) mass is 689 g/mol. The van der Waals surface area contributed by atoms with E-state index in [0.717, 1.165) is 28.3 Å². The van der Waals surface area contributed by atoms with Crippen LogP contribution in [-0.2, 0) is 19.5 Å². The number of benzene rings is 3. The highest BCUT2D eigenvalue weighted by molar-refractivity contribution is 7.92. The molecular formula is C34H41F2N3O8S. The number of ether oxygens (including phenoxy) is 3. The molecule has 48 heavy (non-hydrogen) atoms.